The van der Waals surface area contributed by atoms with Crippen LogP contribution < -0.4 is 0 Å². The van der Waals surface area contributed by atoms with Crippen molar-refractivity contribution < 1.29 is 9.53 Å². The lowest BCUT2D eigenvalue weighted by Crippen LogP contribution is -2.22. The highest BCUT2D eigenvalue weighted by Crippen LogP contribution is 2.27. The van der Waals surface area contributed by atoms with E-state index in [1.54, 1.807) is 0 Å². The average Bonchev–Trinajstić information content (AvgIpc) is 2.07. The minimum Gasteiger partial charge on any atom is -0.465 e. The van der Waals surface area contributed by atoms with Gasteiger partial charge in [0.1, 0.15) is 6.10 Å². The highest BCUT2D eigenvalue weighted by atomic mass is 16.5. The lowest BCUT2D eigenvalue weighted by atomic mass is 9.86. The lowest BCUT2D eigenvalue weighted by Gasteiger charge is -2.25. The zero-order chi connectivity index (χ0) is 8.10. The molecule has 1 aliphatic rings. The van der Waals surface area contributed by atoms with Crippen molar-refractivity contribution in [2.75, 3.05) is 0 Å². The van der Waals surface area contributed by atoms with Gasteiger partial charge in [0.05, 0.1) is 0 Å². The van der Waals surface area contributed by atoms with E-state index in [1.165, 1.54) is 32.1 Å². The van der Waals surface area contributed by atoms with Gasteiger partial charge in [0.15, 0.2) is 0 Å². The molecule has 0 saturated heterocycles. The molecular weight excluding hydrogens is 140 g/mol. The molecule has 2 nitrogen and oxygen atoms in total. The van der Waals surface area contributed by atoms with Gasteiger partial charge in [-0.3, -0.25) is 4.79 Å². The van der Waals surface area contributed by atoms with Gasteiger partial charge in [-0.2, -0.15) is 0 Å². The van der Waals surface area contributed by atoms with Crippen LogP contribution in [0.3, 0.4) is 0 Å². The fourth-order valence-electron chi connectivity index (χ4n) is 1.80. The second kappa shape index (κ2) is 4.37. The van der Waals surface area contributed by atoms with Crippen LogP contribution in [0.1, 0.15) is 39.0 Å². The smallest absolute Gasteiger partial charge is 0.293 e. The summed E-state index contributed by atoms with van der Waals surface area (Å²) in [5.74, 6) is 0.619. The highest BCUT2D eigenvalue weighted by Gasteiger charge is 2.20. The van der Waals surface area contributed by atoms with Gasteiger partial charge in [0, 0.05) is 0 Å². The second-order valence-electron chi connectivity index (χ2n) is 3.34. The molecule has 2 heteroatoms. The molecular formula is C9H16O2. The molecule has 0 amide bonds. The molecule has 1 unspecified atom stereocenters. The van der Waals surface area contributed by atoms with Gasteiger partial charge in [-0.1, -0.05) is 19.3 Å². The summed E-state index contributed by atoms with van der Waals surface area (Å²) < 4.78 is 4.90. The van der Waals surface area contributed by atoms with E-state index in [0.717, 1.165) is 0 Å². The number of ether oxygens (including phenoxy) is 1. The third-order valence-corrected chi connectivity index (χ3v) is 2.58. The Balaban J connectivity index is 2.26. The SMILES string of the molecule is CC(OC=O)C1CCCCC1. The third-order valence-electron chi connectivity index (χ3n) is 2.58. The topological polar surface area (TPSA) is 26.3 Å². The van der Waals surface area contributed by atoms with E-state index in [1.807, 2.05) is 6.92 Å². The zero-order valence-corrected chi connectivity index (χ0v) is 7.08. The Labute approximate surface area is 67.9 Å². The number of carbonyl (C=O) groups excluding carboxylic acids is 1. The van der Waals surface area contributed by atoms with Crippen molar-refractivity contribution in [2.24, 2.45) is 5.92 Å². The number of hydrogen-bond donors (Lipinski definition) is 0. The van der Waals surface area contributed by atoms with Gasteiger partial charge in [0.2, 0.25) is 0 Å². The maximum Gasteiger partial charge on any atom is 0.293 e. The molecule has 1 saturated carbocycles. The predicted octanol–water partition coefficient (Wildman–Crippen LogP) is 2.13. The number of hydrogen-bond acceptors (Lipinski definition) is 2. The Kier molecular flexibility index (Phi) is 3.40. The van der Waals surface area contributed by atoms with E-state index in [2.05, 4.69) is 0 Å². The van der Waals surface area contributed by atoms with Gasteiger partial charge in [-0.15, -0.1) is 0 Å². The highest BCUT2D eigenvalue weighted by molar-refractivity contribution is 5.37. The standard InChI is InChI=1S/C9H16O2/c1-8(11-7-10)9-5-3-2-4-6-9/h7-9H,2-6H2,1H3. The van der Waals surface area contributed by atoms with E-state index in [4.69, 9.17) is 4.74 Å². The molecule has 64 valence electrons. The summed E-state index contributed by atoms with van der Waals surface area (Å²) in [5.41, 5.74) is 0. The Bertz CT molecular complexity index is 117. The molecule has 1 fully saturated rings. The minimum atomic E-state index is 0.132. The van der Waals surface area contributed by atoms with Crippen molar-refractivity contribution in [1.29, 1.82) is 0 Å². The van der Waals surface area contributed by atoms with Gasteiger partial charge in [-0.25, -0.2) is 0 Å². The Morgan fingerprint density at radius 1 is 1.36 bits per heavy atom. The predicted molar refractivity (Wildman–Crippen MR) is 43.2 cm³/mol. The summed E-state index contributed by atoms with van der Waals surface area (Å²) in [6.45, 7) is 2.56. The van der Waals surface area contributed by atoms with Crippen molar-refractivity contribution in [3.63, 3.8) is 0 Å². The molecule has 1 aliphatic carbocycles. The Hall–Kier alpha value is -0.530. The van der Waals surface area contributed by atoms with Gasteiger partial charge >= 0.3 is 0 Å². The summed E-state index contributed by atoms with van der Waals surface area (Å²) >= 11 is 0. The van der Waals surface area contributed by atoms with E-state index in [-0.39, 0.29) is 6.10 Å². The third kappa shape index (κ3) is 2.52. The molecule has 0 aliphatic heterocycles. The maximum atomic E-state index is 10.0. The van der Waals surface area contributed by atoms with Crippen molar-refractivity contribution in [2.45, 2.75) is 45.1 Å². The second-order valence-corrected chi connectivity index (χ2v) is 3.34. The van der Waals surface area contributed by atoms with Crippen molar-refractivity contribution in [3.8, 4) is 0 Å². The van der Waals surface area contributed by atoms with Crippen LogP contribution in [0, 0.1) is 5.92 Å². The van der Waals surface area contributed by atoms with Crippen LogP contribution in [-0.2, 0) is 9.53 Å². The summed E-state index contributed by atoms with van der Waals surface area (Å²) in [4.78, 5) is 10.0. The summed E-state index contributed by atoms with van der Waals surface area (Å²) in [6.07, 6.45) is 6.55. The van der Waals surface area contributed by atoms with E-state index >= 15 is 0 Å². The van der Waals surface area contributed by atoms with Crippen LogP contribution in [-0.4, -0.2) is 12.6 Å². The lowest BCUT2D eigenvalue weighted by molar-refractivity contribution is -0.135. The summed E-state index contributed by atoms with van der Waals surface area (Å²) in [5, 5.41) is 0. The average molecular weight is 156 g/mol. The molecule has 0 aromatic carbocycles. The van der Waals surface area contributed by atoms with Crippen molar-refractivity contribution >= 4 is 6.47 Å². The maximum absolute atomic E-state index is 10.0. The van der Waals surface area contributed by atoms with Crippen LogP contribution in [0.15, 0.2) is 0 Å². The minimum absolute atomic E-state index is 0.132. The van der Waals surface area contributed by atoms with Crippen LogP contribution in [0.5, 0.6) is 0 Å². The molecule has 0 heterocycles. The molecule has 11 heavy (non-hydrogen) atoms. The van der Waals surface area contributed by atoms with Crippen LogP contribution in [0.2, 0.25) is 0 Å². The summed E-state index contributed by atoms with van der Waals surface area (Å²) in [7, 11) is 0. The number of carbonyl (C=O) groups is 1. The van der Waals surface area contributed by atoms with Crippen LogP contribution in [0.4, 0.5) is 0 Å². The first kappa shape index (κ1) is 8.57. The van der Waals surface area contributed by atoms with Gasteiger partial charge in [0.25, 0.3) is 6.47 Å². The van der Waals surface area contributed by atoms with Crippen LogP contribution in [0.25, 0.3) is 0 Å². The Morgan fingerprint density at radius 3 is 2.55 bits per heavy atom. The van der Waals surface area contributed by atoms with Gasteiger partial charge in [-0.05, 0) is 25.7 Å². The molecule has 0 bridgehead atoms. The van der Waals surface area contributed by atoms with E-state index in [9.17, 15) is 4.79 Å². The van der Waals surface area contributed by atoms with Gasteiger partial charge < -0.3 is 4.74 Å². The summed E-state index contributed by atoms with van der Waals surface area (Å²) in [6, 6.07) is 0. The monoisotopic (exact) mass is 156 g/mol. The fourth-order valence-corrected chi connectivity index (χ4v) is 1.80. The molecule has 1 rings (SSSR count). The largest absolute Gasteiger partial charge is 0.465 e. The molecule has 0 radical (unpaired) electrons. The molecule has 0 spiro atoms. The van der Waals surface area contributed by atoms with Crippen molar-refractivity contribution in [1.82, 2.24) is 0 Å². The van der Waals surface area contributed by atoms with Crippen LogP contribution >= 0.6 is 0 Å². The first-order valence-electron chi connectivity index (χ1n) is 4.43. The molecule has 0 aromatic rings. The quantitative estimate of drug-likeness (QED) is 0.585. The number of rotatable bonds is 3. The zero-order valence-electron chi connectivity index (χ0n) is 7.08. The first-order valence-corrected chi connectivity index (χ1v) is 4.43. The van der Waals surface area contributed by atoms with Crippen molar-refractivity contribution in [3.05, 3.63) is 0 Å². The molecule has 0 N–H and O–H groups in total. The molecule has 0 aromatic heterocycles. The Morgan fingerprint density at radius 2 is 2.00 bits per heavy atom. The fraction of sp³-hybridized carbons (Fsp3) is 0.889. The van der Waals surface area contributed by atoms with E-state index in [0.29, 0.717) is 12.4 Å². The normalized spacial score (nSPS) is 22.6. The van der Waals surface area contributed by atoms with E-state index < -0.39 is 0 Å². The first-order chi connectivity index (χ1) is 5.34. The molecule has 1 atom stereocenters.